The van der Waals surface area contributed by atoms with Crippen LogP contribution in [-0.2, 0) is 11.2 Å². The Hall–Kier alpha value is -1.58. The lowest BCUT2D eigenvalue weighted by atomic mass is 10.3. The number of aromatic nitrogens is 1. The molecule has 1 aromatic heterocycles. The van der Waals surface area contributed by atoms with Crippen molar-refractivity contribution in [2.24, 2.45) is 0 Å². The second-order valence-corrected chi connectivity index (χ2v) is 2.42. The molecule has 0 spiro atoms. The molecule has 2 rings (SSSR count). The van der Waals surface area contributed by atoms with Gasteiger partial charge < -0.3 is 10.3 Å². The third-order valence-electron chi connectivity index (χ3n) is 1.64. The molecule has 0 aromatic carbocycles. The van der Waals surface area contributed by atoms with Crippen LogP contribution in [0.2, 0.25) is 0 Å². The Morgan fingerprint density at radius 3 is 2.91 bits per heavy atom. The Kier molecular flexibility index (Phi) is 1.09. The zero-order chi connectivity index (χ0) is 7.84. The van der Waals surface area contributed by atoms with Crippen LogP contribution in [-0.4, -0.2) is 10.9 Å². The first kappa shape index (κ1) is 6.15. The van der Waals surface area contributed by atoms with Gasteiger partial charge >= 0.3 is 0 Å². The van der Waals surface area contributed by atoms with Gasteiger partial charge in [-0.25, -0.2) is 0 Å². The number of hydrogen-bond donors (Lipinski definition) is 2. The molecule has 0 fully saturated rings. The summed E-state index contributed by atoms with van der Waals surface area (Å²) in [7, 11) is 0. The predicted octanol–water partition coefficient (Wildman–Crippen LogP) is -0.131. The summed E-state index contributed by atoms with van der Waals surface area (Å²) in [6.45, 7) is 0. The van der Waals surface area contributed by atoms with Gasteiger partial charge in [0, 0.05) is 12.3 Å². The number of rotatable bonds is 0. The molecule has 0 atom stereocenters. The van der Waals surface area contributed by atoms with E-state index in [-0.39, 0.29) is 17.8 Å². The molecule has 1 aromatic rings. The molecular formula is C7H6N2O2. The average molecular weight is 150 g/mol. The van der Waals surface area contributed by atoms with Crippen molar-refractivity contribution in [1.29, 1.82) is 0 Å². The average Bonchev–Trinajstić information content (AvgIpc) is 2.31. The maximum absolute atomic E-state index is 11.0. The number of carbonyl (C=O) groups excluding carboxylic acids is 1. The van der Waals surface area contributed by atoms with E-state index in [1.807, 2.05) is 0 Å². The molecule has 11 heavy (non-hydrogen) atoms. The van der Waals surface area contributed by atoms with Gasteiger partial charge in [-0.3, -0.25) is 9.59 Å². The van der Waals surface area contributed by atoms with E-state index in [1.54, 1.807) is 6.20 Å². The molecule has 4 heteroatoms. The third kappa shape index (κ3) is 0.832. The van der Waals surface area contributed by atoms with Crippen molar-refractivity contribution in [3.8, 4) is 0 Å². The molecule has 0 radical (unpaired) electrons. The number of amides is 1. The number of nitrogens with one attached hydrogen (secondary N) is 2. The molecule has 0 bridgehead atoms. The van der Waals surface area contributed by atoms with Gasteiger partial charge in [0.05, 0.1) is 12.1 Å². The van der Waals surface area contributed by atoms with Crippen LogP contribution in [0.3, 0.4) is 0 Å². The number of fused-ring (bicyclic) bond motifs is 1. The fraction of sp³-hybridized carbons (Fsp3) is 0.143. The van der Waals surface area contributed by atoms with Crippen molar-refractivity contribution < 1.29 is 4.79 Å². The number of hydrogen-bond acceptors (Lipinski definition) is 2. The van der Waals surface area contributed by atoms with Gasteiger partial charge in [0.2, 0.25) is 11.3 Å². The largest absolute Gasteiger partial charge is 0.363 e. The minimum absolute atomic E-state index is 0.125. The maximum atomic E-state index is 11.0. The molecule has 1 amide bonds. The second kappa shape index (κ2) is 1.95. The zero-order valence-electron chi connectivity index (χ0n) is 5.68. The van der Waals surface area contributed by atoms with Gasteiger partial charge in [0.25, 0.3) is 0 Å². The Labute approximate surface area is 62.2 Å². The van der Waals surface area contributed by atoms with E-state index in [4.69, 9.17) is 0 Å². The van der Waals surface area contributed by atoms with Crippen LogP contribution >= 0.6 is 0 Å². The van der Waals surface area contributed by atoms with E-state index in [2.05, 4.69) is 10.3 Å². The molecule has 2 heterocycles. The molecule has 0 aliphatic carbocycles. The smallest absolute Gasteiger partial charge is 0.230 e. The first-order valence-electron chi connectivity index (χ1n) is 3.28. The highest BCUT2D eigenvalue weighted by atomic mass is 16.2. The van der Waals surface area contributed by atoms with E-state index in [0.717, 1.165) is 0 Å². The molecule has 1 aliphatic heterocycles. The highest BCUT2D eigenvalue weighted by Gasteiger charge is 2.19. The summed E-state index contributed by atoms with van der Waals surface area (Å²) in [6.07, 6.45) is 1.83. The molecule has 4 nitrogen and oxygen atoms in total. The van der Waals surface area contributed by atoms with Gasteiger partial charge in [0.15, 0.2) is 0 Å². The molecular weight excluding hydrogens is 144 g/mol. The number of aromatic amines is 1. The second-order valence-electron chi connectivity index (χ2n) is 2.42. The summed E-state index contributed by atoms with van der Waals surface area (Å²) in [6, 6.07) is 1.39. The van der Waals surface area contributed by atoms with Crippen molar-refractivity contribution in [3.05, 3.63) is 28.2 Å². The Morgan fingerprint density at radius 2 is 2.18 bits per heavy atom. The third-order valence-corrected chi connectivity index (χ3v) is 1.64. The lowest BCUT2D eigenvalue weighted by molar-refractivity contribution is -0.115. The lowest BCUT2D eigenvalue weighted by Crippen LogP contribution is -2.09. The normalized spacial score (nSPS) is 14.4. The van der Waals surface area contributed by atoms with Gasteiger partial charge in [-0.2, -0.15) is 0 Å². The van der Waals surface area contributed by atoms with Crippen molar-refractivity contribution in [2.45, 2.75) is 6.42 Å². The zero-order valence-corrected chi connectivity index (χ0v) is 5.68. The summed E-state index contributed by atoms with van der Waals surface area (Å²) in [5, 5.41) is 2.48. The number of H-pyrrole nitrogens is 1. The maximum Gasteiger partial charge on any atom is 0.230 e. The van der Waals surface area contributed by atoms with Crippen LogP contribution in [0.25, 0.3) is 0 Å². The van der Waals surface area contributed by atoms with Gasteiger partial charge in [-0.05, 0) is 0 Å². The summed E-state index contributed by atoms with van der Waals surface area (Å²) in [4.78, 5) is 24.6. The number of pyridine rings is 1. The highest BCUT2D eigenvalue weighted by Crippen LogP contribution is 2.14. The standard InChI is InChI=1S/C7H6N2O2/c10-5-1-2-8-4-3-6(11)9-7(4)5/h1-2H,3H2,(H,8,10)(H,9,11). The first-order valence-corrected chi connectivity index (χ1v) is 3.28. The van der Waals surface area contributed by atoms with E-state index in [9.17, 15) is 9.59 Å². The predicted molar refractivity (Wildman–Crippen MR) is 39.4 cm³/mol. The van der Waals surface area contributed by atoms with E-state index < -0.39 is 0 Å². The van der Waals surface area contributed by atoms with E-state index in [1.165, 1.54) is 6.07 Å². The summed E-state index contributed by atoms with van der Waals surface area (Å²) < 4.78 is 0. The van der Waals surface area contributed by atoms with Crippen LogP contribution in [0.1, 0.15) is 5.69 Å². The summed E-state index contributed by atoms with van der Waals surface area (Å²) >= 11 is 0. The van der Waals surface area contributed by atoms with Crippen LogP contribution in [0.15, 0.2) is 17.1 Å². The molecule has 0 unspecified atom stereocenters. The SMILES string of the molecule is O=C1Cc2[nH]ccc(=O)c2N1. The van der Waals surface area contributed by atoms with Gasteiger partial charge in [-0.15, -0.1) is 0 Å². The lowest BCUT2D eigenvalue weighted by Gasteiger charge is -1.93. The first-order chi connectivity index (χ1) is 5.27. The van der Waals surface area contributed by atoms with Gasteiger partial charge in [-0.1, -0.05) is 0 Å². The highest BCUT2D eigenvalue weighted by molar-refractivity contribution is 5.98. The minimum Gasteiger partial charge on any atom is -0.363 e. The number of carbonyl (C=O) groups is 1. The fourth-order valence-corrected chi connectivity index (χ4v) is 1.14. The van der Waals surface area contributed by atoms with E-state index >= 15 is 0 Å². The van der Waals surface area contributed by atoms with Crippen molar-refractivity contribution >= 4 is 11.6 Å². The van der Waals surface area contributed by atoms with Crippen molar-refractivity contribution in [1.82, 2.24) is 4.98 Å². The molecule has 0 saturated carbocycles. The molecule has 0 saturated heterocycles. The van der Waals surface area contributed by atoms with Crippen molar-refractivity contribution in [2.75, 3.05) is 5.32 Å². The van der Waals surface area contributed by atoms with Crippen molar-refractivity contribution in [3.63, 3.8) is 0 Å². The summed E-state index contributed by atoms with van der Waals surface area (Å²) in [5.74, 6) is -0.125. The minimum atomic E-state index is -0.135. The Bertz CT molecular complexity index is 367. The van der Waals surface area contributed by atoms with Crippen LogP contribution in [0, 0.1) is 0 Å². The Balaban J connectivity index is 2.66. The number of anilines is 1. The van der Waals surface area contributed by atoms with Gasteiger partial charge in [0.1, 0.15) is 5.69 Å². The quantitative estimate of drug-likeness (QED) is 0.541. The van der Waals surface area contributed by atoms with Crippen LogP contribution < -0.4 is 10.7 Å². The van der Waals surface area contributed by atoms with Crippen LogP contribution in [0.5, 0.6) is 0 Å². The summed E-state index contributed by atoms with van der Waals surface area (Å²) in [5.41, 5.74) is 0.949. The van der Waals surface area contributed by atoms with Crippen LogP contribution in [0.4, 0.5) is 5.69 Å². The Morgan fingerprint density at radius 1 is 1.36 bits per heavy atom. The molecule has 1 aliphatic rings. The van der Waals surface area contributed by atoms with E-state index in [0.29, 0.717) is 11.4 Å². The molecule has 56 valence electrons. The topological polar surface area (TPSA) is 62.0 Å². The monoisotopic (exact) mass is 150 g/mol. The molecule has 2 N–H and O–H groups in total. The fourth-order valence-electron chi connectivity index (χ4n) is 1.14.